The van der Waals surface area contributed by atoms with Crippen LogP contribution in [0.3, 0.4) is 0 Å². The van der Waals surface area contributed by atoms with Crippen molar-refractivity contribution in [1.82, 2.24) is 0 Å². The highest BCUT2D eigenvalue weighted by molar-refractivity contribution is 5.40. The Labute approximate surface area is 101 Å². The van der Waals surface area contributed by atoms with Gasteiger partial charge in [0, 0.05) is 11.1 Å². The monoisotopic (exact) mass is 231 g/mol. The molecule has 0 amide bonds. The molecule has 0 spiro atoms. The van der Waals surface area contributed by atoms with Gasteiger partial charge in [-0.05, 0) is 26.0 Å². The summed E-state index contributed by atoms with van der Waals surface area (Å²) >= 11 is 0. The zero-order valence-corrected chi connectivity index (χ0v) is 10.1. The van der Waals surface area contributed by atoms with Crippen molar-refractivity contribution in [3.63, 3.8) is 0 Å². The third-order valence-corrected chi connectivity index (χ3v) is 2.66. The molecule has 2 rings (SSSR count). The zero-order valence-electron chi connectivity index (χ0n) is 10.1. The molecular weight excluding hydrogens is 214 g/mol. The number of aryl methyl sites for hydroxylation is 1. The molecule has 2 aromatic rings. The third kappa shape index (κ3) is 2.50. The van der Waals surface area contributed by atoms with E-state index in [9.17, 15) is 0 Å². The average Bonchev–Trinajstić information content (AvgIpc) is 2.76. The summed E-state index contributed by atoms with van der Waals surface area (Å²) in [4.78, 5) is 0. The number of para-hydroxylation sites is 1. The molecular formula is C14H17NO2. The minimum atomic E-state index is -0.213. The van der Waals surface area contributed by atoms with Crippen LogP contribution in [0.2, 0.25) is 0 Å². The maximum Gasteiger partial charge on any atom is 0.124 e. The van der Waals surface area contributed by atoms with Gasteiger partial charge in [0.2, 0.25) is 0 Å². The summed E-state index contributed by atoms with van der Waals surface area (Å²) in [6.45, 7) is 4.50. The average molecular weight is 231 g/mol. The lowest BCUT2D eigenvalue weighted by Gasteiger charge is -2.15. The van der Waals surface area contributed by atoms with E-state index in [4.69, 9.17) is 14.9 Å². The van der Waals surface area contributed by atoms with Crippen molar-refractivity contribution in [1.29, 1.82) is 0 Å². The molecule has 1 atom stereocenters. The maximum absolute atomic E-state index is 6.22. The molecule has 0 aliphatic carbocycles. The maximum atomic E-state index is 6.22. The van der Waals surface area contributed by atoms with E-state index in [1.165, 1.54) is 0 Å². The molecule has 1 aromatic heterocycles. The van der Waals surface area contributed by atoms with Crippen LogP contribution in [0.1, 0.15) is 29.9 Å². The van der Waals surface area contributed by atoms with Crippen LogP contribution in [0.4, 0.5) is 0 Å². The normalized spacial score (nSPS) is 12.4. The molecule has 3 nitrogen and oxygen atoms in total. The minimum absolute atomic E-state index is 0.213. The Bertz CT molecular complexity index is 490. The van der Waals surface area contributed by atoms with E-state index in [0.29, 0.717) is 6.61 Å². The van der Waals surface area contributed by atoms with Crippen LogP contribution < -0.4 is 10.5 Å². The number of ether oxygens (including phenoxy) is 1. The van der Waals surface area contributed by atoms with Gasteiger partial charge in [0.1, 0.15) is 11.5 Å². The Hall–Kier alpha value is -1.74. The SMILES string of the molecule is CCOc1ccccc1C(N)c1coc(C)c1. The highest BCUT2D eigenvalue weighted by Crippen LogP contribution is 2.29. The van der Waals surface area contributed by atoms with E-state index < -0.39 is 0 Å². The number of furan rings is 1. The zero-order chi connectivity index (χ0) is 12.3. The highest BCUT2D eigenvalue weighted by atomic mass is 16.5. The molecule has 1 heterocycles. The fraction of sp³-hybridized carbons (Fsp3) is 0.286. The standard InChI is InChI=1S/C14H17NO2/c1-3-16-13-7-5-4-6-12(13)14(15)11-8-10(2)17-9-11/h4-9,14H,3,15H2,1-2H3. The lowest BCUT2D eigenvalue weighted by molar-refractivity contribution is 0.335. The Balaban J connectivity index is 2.33. The van der Waals surface area contributed by atoms with Crippen LogP contribution in [0, 0.1) is 6.92 Å². The fourth-order valence-corrected chi connectivity index (χ4v) is 1.83. The van der Waals surface area contributed by atoms with Crippen LogP contribution in [0.15, 0.2) is 41.0 Å². The largest absolute Gasteiger partial charge is 0.494 e. The first-order valence-electron chi connectivity index (χ1n) is 5.74. The summed E-state index contributed by atoms with van der Waals surface area (Å²) in [6.07, 6.45) is 1.70. The molecule has 0 bridgehead atoms. The van der Waals surface area contributed by atoms with Gasteiger partial charge in [-0.1, -0.05) is 18.2 Å². The number of hydrogen-bond donors (Lipinski definition) is 1. The fourth-order valence-electron chi connectivity index (χ4n) is 1.83. The van der Waals surface area contributed by atoms with Gasteiger partial charge >= 0.3 is 0 Å². The minimum Gasteiger partial charge on any atom is -0.494 e. The summed E-state index contributed by atoms with van der Waals surface area (Å²) in [5.41, 5.74) is 8.17. The summed E-state index contributed by atoms with van der Waals surface area (Å²) in [7, 11) is 0. The van der Waals surface area contributed by atoms with Gasteiger partial charge < -0.3 is 14.9 Å². The van der Waals surface area contributed by atoms with Crippen LogP contribution in [0.25, 0.3) is 0 Å². The van der Waals surface area contributed by atoms with Crippen molar-refractivity contribution < 1.29 is 9.15 Å². The molecule has 0 aliphatic rings. The van der Waals surface area contributed by atoms with Crippen LogP contribution >= 0.6 is 0 Å². The summed E-state index contributed by atoms with van der Waals surface area (Å²) in [5, 5.41) is 0. The van der Waals surface area contributed by atoms with Gasteiger partial charge in [-0.2, -0.15) is 0 Å². The molecule has 1 unspecified atom stereocenters. The van der Waals surface area contributed by atoms with E-state index in [1.807, 2.05) is 44.2 Å². The first-order valence-corrected chi connectivity index (χ1v) is 5.74. The Kier molecular flexibility index (Phi) is 3.49. The third-order valence-electron chi connectivity index (χ3n) is 2.66. The van der Waals surface area contributed by atoms with Crippen molar-refractivity contribution in [2.75, 3.05) is 6.61 Å². The van der Waals surface area contributed by atoms with Gasteiger partial charge in [0.05, 0.1) is 18.9 Å². The molecule has 17 heavy (non-hydrogen) atoms. The van der Waals surface area contributed by atoms with Crippen molar-refractivity contribution in [3.8, 4) is 5.75 Å². The summed E-state index contributed by atoms with van der Waals surface area (Å²) in [5.74, 6) is 1.70. The first kappa shape index (κ1) is 11.7. The highest BCUT2D eigenvalue weighted by Gasteiger charge is 2.15. The summed E-state index contributed by atoms with van der Waals surface area (Å²) in [6, 6.07) is 9.57. The topological polar surface area (TPSA) is 48.4 Å². The van der Waals surface area contributed by atoms with E-state index in [-0.39, 0.29) is 6.04 Å². The molecule has 0 radical (unpaired) electrons. The lowest BCUT2D eigenvalue weighted by Crippen LogP contribution is -2.12. The number of benzene rings is 1. The molecule has 0 saturated carbocycles. The van der Waals surface area contributed by atoms with Crippen molar-refractivity contribution in [3.05, 3.63) is 53.5 Å². The Morgan fingerprint density at radius 2 is 2.12 bits per heavy atom. The predicted molar refractivity (Wildman–Crippen MR) is 67.1 cm³/mol. The number of rotatable bonds is 4. The smallest absolute Gasteiger partial charge is 0.124 e. The van der Waals surface area contributed by atoms with E-state index in [2.05, 4.69) is 0 Å². The quantitative estimate of drug-likeness (QED) is 0.879. The van der Waals surface area contributed by atoms with Gasteiger partial charge in [-0.25, -0.2) is 0 Å². The number of nitrogens with two attached hydrogens (primary N) is 1. The Morgan fingerprint density at radius 1 is 1.35 bits per heavy atom. The second-order valence-electron chi connectivity index (χ2n) is 3.94. The van der Waals surface area contributed by atoms with Crippen molar-refractivity contribution >= 4 is 0 Å². The molecule has 1 aromatic carbocycles. The van der Waals surface area contributed by atoms with Gasteiger partial charge in [0.15, 0.2) is 0 Å². The molecule has 0 fully saturated rings. The van der Waals surface area contributed by atoms with Crippen LogP contribution in [-0.4, -0.2) is 6.61 Å². The molecule has 2 N–H and O–H groups in total. The predicted octanol–water partition coefficient (Wildman–Crippen LogP) is 3.03. The Morgan fingerprint density at radius 3 is 2.76 bits per heavy atom. The van der Waals surface area contributed by atoms with Crippen molar-refractivity contribution in [2.45, 2.75) is 19.9 Å². The van der Waals surface area contributed by atoms with Crippen molar-refractivity contribution in [2.24, 2.45) is 5.73 Å². The lowest BCUT2D eigenvalue weighted by atomic mass is 10.0. The second kappa shape index (κ2) is 5.06. The number of hydrogen-bond acceptors (Lipinski definition) is 3. The second-order valence-corrected chi connectivity index (χ2v) is 3.94. The van der Waals surface area contributed by atoms with E-state index in [0.717, 1.165) is 22.6 Å². The van der Waals surface area contributed by atoms with Gasteiger partial charge in [0.25, 0.3) is 0 Å². The first-order chi connectivity index (χ1) is 8.22. The van der Waals surface area contributed by atoms with Crippen LogP contribution in [0.5, 0.6) is 5.75 Å². The molecule has 0 aliphatic heterocycles. The molecule has 90 valence electrons. The summed E-state index contributed by atoms with van der Waals surface area (Å²) < 4.78 is 10.9. The molecule has 3 heteroatoms. The molecule has 0 saturated heterocycles. The van der Waals surface area contributed by atoms with E-state index >= 15 is 0 Å². The van der Waals surface area contributed by atoms with E-state index in [1.54, 1.807) is 6.26 Å². The van der Waals surface area contributed by atoms with Crippen LogP contribution in [-0.2, 0) is 0 Å². The van der Waals surface area contributed by atoms with Gasteiger partial charge in [-0.3, -0.25) is 0 Å². The van der Waals surface area contributed by atoms with Gasteiger partial charge in [-0.15, -0.1) is 0 Å².